The third-order valence-corrected chi connectivity index (χ3v) is 2.38. The van der Waals surface area contributed by atoms with Crippen LogP contribution in [0.4, 0.5) is 5.82 Å². The third kappa shape index (κ3) is 4.03. The fraction of sp³-hybridized carbons (Fsp3) is 0.444. The second-order valence-corrected chi connectivity index (χ2v) is 3.51. The van der Waals surface area contributed by atoms with Gasteiger partial charge in [0.1, 0.15) is 5.82 Å². The molecule has 15 heavy (non-hydrogen) atoms. The molecule has 1 aliphatic heterocycles. The van der Waals surface area contributed by atoms with E-state index in [1.54, 1.807) is 12.3 Å². The van der Waals surface area contributed by atoms with Crippen molar-refractivity contribution < 1.29 is 0 Å². The van der Waals surface area contributed by atoms with E-state index in [4.69, 9.17) is 11.6 Å². The number of aromatic nitrogens is 1. The first-order chi connectivity index (χ1) is 6.36. The zero-order valence-electron chi connectivity index (χ0n) is 8.15. The summed E-state index contributed by atoms with van der Waals surface area (Å²) in [5.74, 6) is 0.981. The number of nitrogens with one attached hydrogen (secondary N) is 1. The maximum absolute atomic E-state index is 5.88. The lowest BCUT2D eigenvalue weighted by molar-refractivity contribution is 0.585. The molecule has 1 aromatic rings. The van der Waals surface area contributed by atoms with Crippen molar-refractivity contribution >= 4 is 42.2 Å². The second kappa shape index (κ2) is 7.12. The van der Waals surface area contributed by atoms with Crippen molar-refractivity contribution in [2.75, 3.05) is 31.1 Å². The molecule has 1 fully saturated rings. The largest absolute Gasteiger partial charge is 0.354 e. The lowest BCUT2D eigenvalue weighted by Crippen LogP contribution is -2.43. The number of hydrogen-bond acceptors (Lipinski definition) is 3. The van der Waals surface area contributed by atoms with Crippen molar-refractivity contribution in [3.05, 3.63) is 23.4 Å². The predicted octanol–water partition coefficient (Wildman–Crippen LogP) is 1.99. The topological polar surface area (TPSA) is 28.2 Å². The minimum atomic E-state index is 0. The predicted molar refractivity (Wildman–Crippen MR) is 68.8 cm³/mol. The van der Waals surface area contributed by atoms with Crippen LogP contribution in [0.5, 0.6) is 0 Å². The molecule has 0 saturated carbocycles. The highest BCUT2D eigenvalue weighted by Gasteiger charge is 2.10. The molecule has 3 nitrogen and oxygen atoms in total. The van der Waals surface area contributed by atoms with Crippen LogP contribution in [0.1, 0.15) is 0 Å². The molecular weight excluding hydrogens is 256 g/mol. The van der Waals surface area contributed by atoms with Crippen LogP contribution < -0.4 is 10.2 Å². The maximum Gasteiger partial charge on any atom is 0.130 e. The summed E-state index contributed by atoms with van der Waals surface area (Å²) in [4.78, 5) is 6.52. The van der Waals surface area contributed by atoms with Crippen LogP contribution in [0.3, 0.4) is 0 Å². The standard InChI is InChI=1S/C9H12ClN3.2ClH/c10-8-1-2-12-9(7-8)13-5-3-11-4-6-13;;/h1-2,7,11H,3-6H2;2*1H. The van der Waals surface area contributed by atoms with E-state index in [0.717, 1.165) is 37.0 Å². The van der Waals surface area contributed by atoms with Gasteiger partial charge in [0.2, 0.25) is 0 Å². The molecule has 0 aromatic carbocycles. The summed E-state index contributed by atoms with van der Waals surface area (Å²) in [7, 11) is 0. The molecular formula is C9H14Cl3N3. The fourth-order valence-electron chi connectivity index (χ4n) is 1.46. The Morgan fingerprint density at radius 1 is 1.27 bits per heavy atom. The zero-order chi connectivity index (χ0) is 9.10. The summed E-state index contributed by atoms with van der Waals surface area (Å²) >= 11 is 5.88. The highest BCUT2D eigenvalue weighted by Crippen LogP contribution is 2.16. The van der Waals surface area contributed by atoms with Crippen molar-refractivity contribution in [1.29, 1.82) is 0 Å². The molecule has 0 bridgehead atoms. The zero-order valence-corrected chi connectivity index (χ0v) is 10.5. The van der Waals surface area contributed by atoms with E-state index in [9.17, 15) is 0 Å². The molecule has 0 radical (unpaired) electrons. The van der Waals surface area contributed by atoms with E-state index < -0.39 is 0 Å². The second-order valence-electron chi connectivity index (χ2n) is 3.07. The van der Waals surface area contributed by atoms with Gasteiger partial charge in [-0.15, -0.1) is 24.8 Å². The van der Waals surface area contributed by atoms with Gasteiger partial charge in [0.05, 0.1) is 0 Å². The summed E-state index contributed by atoms with van der Waals surface area (Å²) < 4.78 is 0. The highest BCUT2D eigenvalue weighted by atomic mass is 35.5. The quantitative estimate of drug-likeness (QED) is 0.846. The lowest BCUT2D eigenvalue weighted by atomic mass is 10.3. The Morgan fingerprint density at radius 2 is 1.93 bits per heavy atom. The molecule has 6 heteroatoms. The van der Waals surface area contributed by atoms with Gasteiger partial charge in [-0.1, -0.05) is 11.6 Å². The van der Waals surface area contributed by atoms with E-state index in [0.29, 0.717) is 0 Å². The molecule has 0 atom stereocenters. The Kier molecular flexibility index (Phi) is 7.02. The molecule has 2 heterocycles. The van der Waals surface area contributed by atoms with Gasteiger partial charge in [-0.2, -0.15) is 0 Å². The molecule has 1 aromatic heterocycles. The van der Waals surface area contributed by atoms with E-state index in [1.807, 2.05) is 6.07 Å². The van der Waals surface area contributed by atoms with Crippen LogP contribution in [-0.2, 0) is 0 Å². The Morgan fingerprint density at radius 3 is 2.53 bits per heavy atom. The Balaban J connectivity index is 0.000000980. The van der Waals surface area contributed by atoms with E-state index >= 15 is 0 Å². The first-order valence-electron chi connectivity index (χ1n) is 4.43. The number of hydrogen-bond donors (Lipinski definition) is 1. The van der Waals surface area contributed by atoms with Gasteiger partial charge in [0.25, 0.3) is 0 Å². The third-order valence-electron chi connectivity index (χ3n) is 2.15. The van der Waals surface area contributed by atoms with Gasteiger partial charge >= 0.3 is 0 Å². The molecule has 0 aliphatic carbocycles. The number of rotatable bonds is 1. The van der Waals surface area contributed by atoms with Gasteiger partial charge in [0, 0.05) is 37.4 Å². The molecule has 0 spiro atoms. The molecule has 2 rings (SSSR count). The van der Waals surface area contributed by atoms with Crippen molar-refractivity contribution in [2.45, 2.75) is 0 Å². The Hall–Kier alpha value is -0.220. The van der Waals surface area contributed by atoms with Gasteiger partial charge in [-0.3, -0.25) is 0 Å². The summed E-state index contributed by atoms with van der Waals surface area (Å²) in [6, 6.07) is 3.71. The first kappa shape index (κ1) is 14.8. The van der Waals surface area contributed by atoms with Crippen LogP contribution >= 0.6 is 36.4 Å². The molecule has 0 unspecified atom stereocenters. The molecule has 86 valence electrons. The molecule has 0 amide bonds. The van der Waals surface area contributed by atoms with Crippen LogP contribution in [0.15, 0.2) is 18.3 Å². The van der Waals surface area contributed by atoms with Crippen LogP contribution in [0, 0.1) is 0 Å². The van der Waals surface area contributed by atoms with E-state index in [-0.39, 0.29) is 24.8 Å². The minimum Gasteiger partial charge on any atom is -0.354 e. The van der Waals surface area contributed by atoms with Gasteiger partial charge < -0.3 is 10.2 Å². The van der Waals surface area contributed by atoms with Gasteiger partial charge in [-0.25, -0.2) is 4.98 Å². The van der Waals surface area contributed by atoms with Crippen LogP contribution in [0.25, 0.3) is 0 Å². The Bertz CT molecular complexity index is 290. The number of nitrogens with zero attached hydrogens (tertiary/aromatic N) is 2. The van der Waals surface area contributed by atoms with Crippen molar-refractivity contribution in [1.82, 2.24) is 10.3 Å². The van der Waals surface area contributed by atoms with E-state index in [1.165, 1.54) is 0 Å². The van der Waals surface area contributed by atoms with Gasteiger partial charge in [-0.05, 0) is 12.1 Å². The first-order valence-corrected chi connectivity index (χ1v) is 4.81. The summed E-state index contributed by atoms with van der Waals surface area (Å²) in [5, 5.41) is 4.05. The SMILES string of the molecule is Cl.Cl.Clc1ccnc(N2CCNCC2)c1. The molecule has 1 aliphatic rings. The van der Waals surface area contributed by atoms with Crippen LogP contribution in [-0.4, -0.2) is 31.2 Å². The van der Waals surface area contributed by atoms with Crippen molar-refractivity contribution in [3.8, 4) is 0 Å². The normalized spacial score (nSPS) is 15.1. The summed E-state index contributed by atoms with van der Waals surface area (Å²) in [6.07, 6.45) is 1.75. The summed E-state index contributed by atoms with van der Waals surface area (Å²) in [5.41, 5.74) is 0. The van der Waals surface area contributed by atoms with Gasteiger partial charge in [0.15, 0.2) is 0 Å². The van der Waals surface area contributed by atoms with E-state index in [2.05, 4.69) is 15.2 Å². The average molecular weight is 271 g/mol. The molecule has 1 N–H and O–H groups in total. The number of anilines is 1. The average Bonchev–Trinajstić information content (AvgIpc) is 2.19. The maximum atomic E-state index is 5.88. The van der Waals surface area contributed by atoms with Crippen LogP contribution in [0.2, 0.25) is 5.02 Å². The number of piperazine rings is 1. The lowest BCUT2D eigenvalue weighted by Gasteiger charge is -2.28. The minimum absolute atomic E-state index is 0. The number of pyridine rings is 1. The monoisotopic (exact) mass is 269 g/mol. The van der Waals surface area contributed by atoms with Crippen molar-refractivity contribution in [3.63, 3.8) is 0 Å². The number of halogens is 3. The summed E-state index contributed by atoms with van der Waals surface area (Å²) in [6.45, 7) is 4.06. The smallest absolute Gasteiger partial charge is 0.130 e. The fourth-order valence-corrected chi connectivity index (χ4v) is 1.61. The highest BCUT2D eigenvalue weighted by molar-refractivity contribution is 6.30. The molecule has 1 saturated heterocycles. The Labute approximate surface area is 107 Å². The van der Waals surface area contributed by atoms with Crippen molar-refractivity contribution in [2.24, 2.45) is 0 Å².